The normalized spacial score (nSPS) is 13.8. The number of rotatable bonds is 11. The molecule has 14 heteroatoms. The molecule has 4 rings (SSSR count). The van der Waals surface area contributed by atoms with Crippen LogP contribution in [0, 0.1) is 5.82 Å². The molecule has 1 atom stereocenters. The van der Waals surface area contributed by atoms with Crippen LogP contribution in [-0.4, -0.2) is 80.6 Å². The number of hydrogen-bond acceptors (Lipinski definition) is 7. The Morgan fingerprint density at radius 1 is 1.12 bits per heavy atom. The Morgan fingerprint density at radius 2 is 1.88 bits per heavy atom. The van der Waals surface area contributed by atoms with Gasteiger partial charge >= 0.3 is 12.2 Å². The summed E-state index contributed by atoms with van der Waals surface area (Å²) in [5, 5.41) is 23.9. The first-order valence-electron chi connectivity index (χ1n) is 13.7. The average molecular weight is 598 g/mol. The Labute approximate surface area is 245 Å². The number of ether oxygens (including phenoxy) is 1. The molecule has 3 amide bonds. The van der Waals surface area contributed by atoms with Crippen LogP contribution in [0.25, 0.3) is 10.9 Å². The van der Waals surface area contributed by atoms with Crippen LogP contribution in [0.2, 0.25) is 0 Å². The van der Waals surface area contributed by atoms with E-state index in [0.29, 0.717) is 18.5 Å². The number of aromatic nitrogens is 2. The second kappa shape index (κ2) is 14.3. The van der Waals surface area contributed by atoms with Crippen molar-refractivity contribution in [1.29, 1.82) is 0 Å². The first kappa shape index (κ1) is 31.0. The third kappa shape index (κ3) is 7.86. The van der Waals surface area contributed by atoms with E-state index in [1.165, 1.54) is 47.2 Å². The molecule has 1 aliphatic rings. The molecule has 3 aromatic rings. The summed E-state index contributed by atoms with van der Waals surface area (Å²) in [6.45, 7) is 0.491. The van der Waals surface area contributed by atoms with Gasteiger partial charge in [-0.05, 0) is 68.2 Å². The third-order valence-electron chi connectivity index (χ3n) is 6.87. The summed E-state index contributed by atoms with van der Waals surface area (Å²) in [5.41, 5.74) is -0.339. The van der Waals surface area contributed by atoms with E-state index in [0.717, 1.165) is 23.5 Å². The molecule has 0 radical (unpaired) electrons. The van der Waals surface area contributed by atoms with Crippen molar-refractivity contribution in [2.24, 2.45) is 0 Å². The number of carbonyl (C=O) groups excluding carboxylic acids is 3. The van der Waals surface area contributed by atoms with Gasteiger partial charge in [0.05, 0.1) is 18.7 Å². The molecule has 0 unspecified atom stereocenters. The van der Waals surface area contributed by atoms with Crippen molar-refractivity contribution >= 4 is 40.6 Å². The van der Waals surface area contributed by atoms with Crippen LogP contribution < -0.4 is 16.2 Å². The lowest BCUT2D eigenvalue weighted by Crippen LogP contribution is -2.45. The first-order chi connectivity index (χ1) is 20.7. The van der Waals surface area contributed by atoms with E-state index in [9.17, 15) is 33.5 Å². The number of hydrogen-bond donors (Lipinski definition) is 4. The topological polar surface area (TPSA) is 172 Å². The molecule has 0 spiro atoms. The molecule has 0 aliphatic carbocycles. The Hall–Kier alpha value is -4.98. The number of fused-ring (bicyclic) bond motifs is 1. The van der Waals surface area contributed by atoms with Crippen LogP contribution in [0.3, 0.4) is 0 Å². The van der Waals surface area contributed by atoms with Crippen LogP contribution in [-0.2, 0) is 20.9 Å². The number of anilines is 1. The number of nitrogens with zero attached hydrogens (tertiary/aromatic N) is 3. The fourth-order valence-electron chi connectivity index (χ4n) is 4.82. The number of nitrogens with one attached hydrogen (secondary N) is 2. The number of amides is 3. The fourth-order valence-corrected chi connectivity index (χ4v) is 4.82. The van der Waals surface area contributed by atoms with Gasteiger partial charge in [-0.3, -0.25) is 14.4 Å². The van der Waals surface area contributed by atoms with Gasteiger partial charge in [-0.2, -0.15) is 0 Å². The van der Waals surface area contributed by atoms with Crippen molar-refractivity contribution < 1.29 is 38.5 Å². The number of benzene rings is 1. The maximum atomic E-state index is 13.7. The third-order valence-corrected chi connectivity index (χ3v) is 6.87. The second-order valence-electron chi connectivity index (χ2n) is 9.87. The summed E-state index contributed by atoms with van der Waals surface area (Å²) < 4.78 is 20.7. The molecule has 3 heterocycles. The lowest BCUT2D eigenvalue weighted by molar-refractivity contribution is -0.125. The number of aliphatic hydroxyl groups is 1. The standard InChI is InChI=1S/C29H32FN5O8/c30-20-9-10-24-19(16-20)17-21(35(24)29(41)42)18-34-13-5-7-23(27(34)39)31-26(38)22(32-28(40)43-15-14-36)6-1-2-8-25(37)33-11-3-4-12-33/h2,5,7-10,13,16-17,22,36H,1,3-4,6,11-12,14-15,18H2,(H,31,38)(H,32,40)(H,41,42)/b8-2+/t22-/m0/s1. The summed E-state index contributed by atoms with van der Waals surface area (Å²) in [6.07, 6.45) is 4.39. The van der Waals surface area contributed by atoms with Crippen LogP contribution in [0.5, 0.6) is 0 Å². The zero-order chi connectivity index (χ0) is 30.9. The van der Waals surface area contributed by atoms with E-state index < -0.39 is 42.1 Å². The highest BCUT2D eigenvalue weighted by atomic mass is 19.1. The van der Waals surface area contributed by atoms with E-state index in [1.54, 1.807) is 11.0 Å². The van der Waals surface area contributed by atoms with Gasteiger partial charge in [0.1, 0.15) is 24.2 Å². The van der Waals surface area contributed by atoms with Crippen LogP contribution in [0.15, 0.2) is 59.5 Å². The predicted molar refractivity (Wildman–Crippen MR) is 153 cm³/mol. The number of likely N-dealkylation sites (tertiary alicyclic amines) is 1. The predicted octanol–water partition coefficient (Wildman–Crippen LogP) is 2.50. The molecule has 228 valence electrons. The highest BCUT2D eigenvalue weighted by molar-refractivity contribution is 5.96. The molecule has 0 saturated carbocycles. The van der Waals surface area contributed by atoms with Crippen LogP contribution in [0.1, 0.15) is 31.4 Å². The number of pyridine rings is 1. The van der Waals surface area contributed by atoms with Crippen molar-refractivity contribution in [1.82, 2.24) is 19.4 Å². The molecule has 13 nitrogen and oxygen atoms in total. The quantitative estimate of drug-likeness (QED) is 0.244. The van der Waals surface area contributed by atoms with Crippen molar-refractivity contribution in [3.05, 3.63) is 76.6 Å². The number of halogens is 1. The second-order valence-corrected chi connectivity index (χ2v) is 9.87. The van der Waals surface area contributed by atoms with Crippen LogP contribution in [0.4, 0.5) is 19.7 Å². The Morgan fingerprint density at radius 3 is 2.60 bits per heavy atom. The summed E-state index contributed by atoms with van der Waals surface area (Å²) in [6, 6.07) is 6.80. The van der Waals surface area contributed by atoms with Gasteiger partial charge in [0.2, 0.25) is 11.8 Å². The maximum absolute atomic E-state index is 13.7. The van der Waals surface area contributed by atoms with E-state index in [2.05, 4.69) is 10.6 Å². The Balaban J connectivity index is 1.49. The Kier molecular flexibility index (Phi) is 10.3. The van der Waals surface area contributed by atoms with Crippen molar-refractivity contribution in [2.75, 3.05) is 31.6 Å². The number of aliphatic hydroxyl groups excluding tert-OH is 1. The lowest BCUT2D eigenvalue weighted by atomic mass is 10.1. The van der Waals surface area contributed by atoms with Gasteiger partial charge in [0.15, 0.2) is 0 Å². The zero-order valence-corrected chi connectivity index (χ0v) is 23.2. The number of carbonyl (C=O) groups is 4. The maximum Gasteiger partial charge on any atom is 0.416 e. The van der Waals surface area contributed by atoms with Gasteiger partial charge in [0.25, 0.3) is 5.56 Å². The minimum absolute atomic E-state index is 0.0696. The smallest absolute Gasteiger partial charge is 0.416 e. The molecule has 4 N–H and O–H groups in total. The first-order valence-corrected chi connectivity index (χ1v) is 13.7. The molecule has 43 heavy (non-hydrogen) atoms. The molecule has 1 aromatic carbocycles. The van der Waals surface area contributed by atoms with Crippen molar-refractivity contribution in [3.8, 4) is 0 Å². The average Bonchev–Trinajstić information content (AvgIpc) is 3.63. The van der Waals surface area contributed by atoms with Crippen molar-refractivity contribution in [2.45, 2.75) is 38.3 Å². The molecule has 2 aromatic heterocycles. The molecule has 1 aliphatic heterocycles. The minimum atomic E-state index is -1.31. The van der Waals surface area contributed by atoms with Gasteiger partial charge < -0.3 is 35.1 Å². The Bertz CT molecular complexity index is 1590. The summed E-state index contributed by atoms with van der Waals surface area (Å²) in [4.78, 5) is 64.5. The van der Waals surface area contributed by atoms with E-state index in [1.807, 2.05) is 0 Å². The minimum Gasteiger partial charge on any atom is -0.464 e. The van der Waals surface area contributed by atoms with Crippen molar-refractivity contribution in [3.63, 3.8) is 0 Å². The number of allylic oxidation sites excluding steroid dienone is 1. The summed E-state index contributed by atoms with van der Waals surface area (Å²) >= 11 is 0. The fraction of sp³-hybridized carbons (Fsp3) is 0.345. The highest BCUT2D eigenvalue weighted by Crippen LogP contribution is 2.22. The van der Waals surface area contributed by atoms with E-state index in [4.69, 9.17) is 9.84 Å². The van der Waals surface area contributed by atoms with Gasteiger partial charge in [0, 0.05) is 30.4 Å². The van der Waals surface area contributed by atoms with Gasteiger partial charge in [-0.25, -0.2) is 18.5 Å². The summed E-state index contributed by atoms with van der Waals surface area (Å²) in [5.74, 6) is -1.41. The van der Waals surface area contributed by atoms with Gasteiger partial charge in [-0.1, -0.05) is 6.08 Å². The molecule has 0 bridgehead atoms. The van der Waals surface area contributed by atoms with Gasteiger partial charge in [-0.15, -0.1) is 0 Å². The summed E-state index contributed by atoms with van der Waals surface area (Å²) in [7, 11) is 0. The van der Waals surface area contributed by atoms with E-state index in [-0.39, 0.29) is 48.8 Å². The SMILES string of the molecule is O=C(N[C@@H](CC/C=C/C(=O)N1CCCC1)C(=O)Nc1cccn(Cc2cc3cc(F)ccc3n2C(=O)O)c1=O)OCCO. The van der Waals surface area contributed by atoms with E-state index >= 15 is 0 Å². The largest absolute Gasteiger partial charge is 0.464 e. The lowest BCUT2D eigenvalue weighted by Gasteiger charge is -2.18. The highest BCUT2D eigenvalue weighted by Gasteiger charge is 2.23. The number of carboxylic acid groups (broad SMARTS) is 1. The van der Waals surface area contributed by atoms with Crippen LogP contribution >= 0.6 is 0 Å². The zero-order valence-electron chi connectivity index (χ0n) is 23.2. The molecular weight excluding hydrogens is 565 g/mol. The monoisotopic (exact) mass is 597 g/mol. The molecule has 1 fully saturated rings. The molecular formula is C29H32FN5O8. The molecule has 1 saturated heterocycles. The number of alkyl carbamates (subject to hydrolysis) is 1.